The largest absolute Gasteiger partial charge is 0.453 e. The van der Waals surface area contributed by atoms with Crippen molar-refractivity contribution in [1.29, 1.82) is 0 Å². The second-order valence-corrected chi connectivity index (χ2v) is 6.67. The van der Waals surface area contributed by atoms with Gasteiger partial charge in [-0.2, -0.15) is 13.2 Å². The number of amides is 1. The average Bonchev–Trinajstić information content (AvgIpc) is 2.98. The van der Waals surface area contributed by atoms with Gasteiger partial charge in [-0.25, -0.2) is 4.68 Å². The van der Waals surface area contributed by atoms with Gasteiger partial charge < -0.3 is 16.1 Å². The lowest BCUT2D eigenvalue weighted by molar-refractivity contribution is -0.146. The number of alkyl halides is 3. The number of carbonyl (C=O) groups excluding carboxylic acids is 1. The highest BCUT2D eigenvalue weighted by Crippen LogP contribution is 2.28. The van der Waals surface area contributed by atoms with Crippen LogP contribution < -0.4 is 16.1 Å². The first-order chi connectivity index (χ1) is 12.7. The molecule has 1 amide bonds. The first kappa shape index (κ1) is 20.9. The number of carbonyl (C=O) groups is 1. The third-order valence-corrected chi connectivity index (χ3v) is 4.65. The molecule has 0 aliphatic heterocycles. The zero-order valence-corrected chi connectivity index (χ0v) is 15.8. The number of likely N-dealkylation sites (N-methyl/N-ethyl adjacent to an activating group) is 1. The summed E-state index contributed by atoms with van der Waals surface area (Å²) in [6.45, 7) is 5.83. The van der Waals surface area contributed by atoms with Gasteiger partial charge in [-0.15, -0.1) is 10.2 Å². The van der Waals surface area contributed by atoms with Crippen molar-refractivity contribution in [3.8, 4) is 0 Å². The van der Waals surface area contributed by atoms with E-state index in [9.17, 15) is 18.0 Å². The molecule has 7 nitrogen and oxygen atoms in total. The number of nitrogens with two attached hydrogens (primary N) is 1. The van der Waals surface area contributed by atoms with E-state index in [1.165, 1.54) is 0 Å². The number of nitrogen functional groups attached to an aromatic ring is 1. The molecule has 2 aromatic rings. The Balaban J connectivity index is 1.80. The summed E-state index contributed by atoms with van der Waals surface area (Å²) in [4.78, 5) is 14.0. The van der Waals surface area contributed by atoms with Gasteiger partial charge in [0.1, 0.15) is 0 Å². The summed E-state index contributed by atoms with van der Waals surface area (Å²) in [6, 6.07) is 8.05. The molecule has 27 heavy (non-hydrogen) atoms. The van der Waals surface area contributed by atoms with Gasteiger partial charge in [0.25, 0.3) is 5.82 Å². The van der Waals surface area contributed by atoms with E-state index in [-0.39, 0.29) is 16.8 Å². The fraction of sp³-hybridized carbons (Fsp3) is 0.438. The number of nitrogens with one attached hydrogen (secondary N) is 1. The van der Waals surface area contributed by atoms with Crippen molar-refractivity contribution in [1.82, 2.24) is 20.2 Å². The van der Waals surface area contributed by atoms with Crippen LogP contribution in [0.25, 0.3) is 0 Å². The van der Waals surface area contributed by atoms with Crippen LogP contribution in [0.3, 0.4) is 0 Å². The molecule has 0 bridgehead atoms. The molecule has 0 aliphatic rings. The number of hydrogen-bond donors (Lipinski definition) is 2. The lowest BCUT2D eigenvalue weighted by atomic mass is 10.2. The Kier molecular flexibility index (Phi) is 6.94. The SMILES string of the molecule is CCN(CCNC(=O)CSc1nnc(C(F)(F)F)n1N)c1cccc(C)c1. The Morgan fingerprint density at radius 2 is 2.11 bits per heavy atom. The molecule has 0 unspecified atom stereocenters. The van der Waals surface area contributed by atoms with Gasteiger partial charge in [-0.05, 0) is 31.5 Å². The van der Waals surface area contributed by atoms with E-state index in [0.717, 1.165) is 29.6 Å². The van der Waals surface area contributed by atoms with Crippen molar-refractivity contribution in [2.75, 3.05) is 36.1 Å². The van der Waals surface area contributed by atoms with Gasteiger partial charge in [0.2, 0.25) is 11.1 Å². The van der Waals surface area contributed by atoms with Gasteiger partial charge in [-0.3, -0.25) is 4.79 Å². The number of aromatic nitrogens is 3. The zero-order valence-electron chi connectivity index (χ0n) is 15.0. The van der Waals surface area contributed by atoms with Crippen molar-refractivity contribution in [3.05, 3.63) is 35.7 Å². The van der Waals surface area contributed by atoms with E-state index in [0.29, 0.717) is 17.8 Å². The monoisotopic (exact) mass is 402 g/mol. The number of rotatable bonds is 8. The standard InChI is InChI=1S/C16H21F3N6OS/c1-3-24(12-6-4-5-11(2)9-12)8-7-21-13(26)10-27-15-23-22-14(25(15)20)16(17,18)19/h4-6,9H,3,7-8,10,20H2,1-2H3,(H,21,26). The number of nitrogens with zero attached hydrogens (tertiary/aromatic N) is 4. The van der Waals surface area contributed by atoms with Crippen molar-refractivity contribution >= 4 is 23.4 Å². The highest BCUT2D eigenvalue weighted by Gasteiger charge is 2.38. The van der Waals surface area contributed by atoms with Crippen molar-refractivity contribution in [3.63, 3.8) is 0 Å². The smallest absolute Gasteiger partial charge is 0.370 e. The lowest BCUT2D eigenvalue weighted by Crippen LogP contribution is -2.35. The van der Waals surface area contributed by atoms with E-state index >= 15 is 0 Å². The van der Waals surface area contributed by atoms with E-state index in [1.54, 1.807) is 0 Å². The summed E-state index contributed by atoms with van der Waals surface area (Å²) in [5, 5.41) is 8.94. The van der Waals surface area contributed by atoms with Crippen LogP contribution in [0, 0.1) is 6.92 Å². The first-order valence-corrected chi connectivity index (χ1v) is 9.19. The van der Waals surface area contributed by atoms with Crippen molar-refractivity contribution in [2.24, 2.45) is 0 Å². The molecule has 1 heterocycles. The maximum atomic E-state index is 12.6. The minimum Gasteiger partial charge on any atom is -0.370 e. The molecule has 0 saturated carbocycles. The molecule has 1 aromatic heterocycles. The minimum atomic E-state index is -4.69. The molecule has 0 fully saturated rings. The van der Waals surface area contributed by atoms with Gasteiger partial charge >= 0.3 is 6.18 Å². The molecule has 1 aromatic carbocycles. The van der Waals surface area contributed by atoms with Crippen LogP contribution in [0.2, 0.25) is 0 Å². The predicted molar refractivity (Wildman–Crippen MR) is 98.0 cm³/mol. The Morgan fingerprint density at radius 1 is 1.37 bits per heavy atom. The number of aryl methyl sites for hydroxylation is 1. The fourth-order valence-electron chi connectivity index (χ4n) is 2.37. The Morgan fingerprint density at radius 3 is 2.70 bits per heavy atom. The summed E-state index contributed by atoms with van der Waals surface area (Å²) < 4.78 is 38.2. The van der Waals surface area contributed by atoms with E-state index < -0.39 is 12.0 Å². The minimum absolute atomic E-state index is 0.107. The van der Waals surface area contributed by atoms with Crippen LogP contribution in [0.4, 0.5) is 18.9 Å². The highest BCUT2D eigenvalue weighted by molar-refractivity contribution is 7.99. The molecule has 148 valence electrons. The van der Waals surface area contributed by atoms with Crippen LogP contribution in [-0.2, 0) is 11.0 Å². The molecule has 2 rings (SSSR count). The zero-order chi connectivity index (χ0) is 20.0. The normalized spacial score (nSPS) is 11.4. The third-order valence-electron chi connectivity index (χ3n) is 3.70. The van der Waals surface area contributed by atoms with Gasteiger partial charge in [0.15, 0.2) is 0 Å². The Bertz CT molecular complexity index is 780. The summed E-state index contributed by atoms with van der Waals surface area (Å²) >= 11 is 0.794. The lowest BCUT2D eigenvalue weighted by Gasteiger charge is -2.23. The Hall–Kier alpha value is -2.43. The fourth-order valence-corrected chi connectivity index (χ4v) is 3.06. The van der Waals surface area contributed by atoms with Crippen LogP contribution >= 0.6 is 11.8 Å². The number of benzene rings is 1. The maximum absolute atomic E-state index is 12.6. The molecule has 3 N–H and O–H groups in total. The second kappa shape index (κ2) is 8.98. The quantitative estimate of drug-likeness (QED) is 0.519. The van der Waals surface area contributed by atoms with Crippen LogP contribution in [0.5, 0.6) is 0 Å². The van der Waals surface area contributed by atoms with E-state index in [4.69, 9.17) is 5.84 Å². The van der Waals surface area contributed by atoms with Gasteiger partial charge in [-0.1, -0.05) is 23.9 Å². The molecular weight excluding hydrogens is 381 g/mol. The number of thioether (sulfide) groups is 1. The average molecular weight is 402 g/mol. The predicted octanol–water partition coefficient (Wildman–Crippen LogP) is 2.05. The number of anilines is 1. The molecule has 11 heteroatoms. The maximum Gasteiger partial charge on any atom is 0.453 e. The number of hydrogen-bond acceptors (Lipinski definition) is 6. The topological polar surface area (TPSA) is 89.1 Å². The van der Waals surface area contributed by atoms with Crippen LogP contribution in [0.15, 0.2) is 29.4 Å². The van der Waals surface area contributed by atoms with Gasteiger partial charge in [0, 0.05) is 25.3 Å². The first-order valence-electron chi connectivity index (χ1n) is 8.21. The van der Waals surface area contributed by atoms with Crippen molar-refractivity contribution < 1.29 is 18.0 Å². The van der Waals surface area contributed by atoms with E-state index in [1.807, 2.05) is 32.0 Å². The molecule has 0 radical (unpaired) electrons. The molecular formula is C16H21F3N6OS. The highest BCUT2D eigenvalue weighted by atomic mass is 32.2. The third kappa shape index (κ3) is 5.78. The second-order valence-electron chi connectivity index (χ2n) is 5.73. The van der Waals surface area contributed by atoms with Crippen LogP contribution in [-0.4, -0.2) is 46.2 Å². The summed E-state index contributed by atoms with van der Waals surface area (Å²) in [5.41, 5.74) is 2.22. The summed E-state index contributed by atoms with van der Waals surface area (Å²) in [5.74, 6) is 3.59. The van der Waals surface area contributed by atoms with E-state index in [2.05, 4.69) is 26.5 Å². The Labute approximate surface area is 159 Å². The summed E-state index contributed by atoms with van der Waals surface area (Å²) in [7, 11) is 0. The molecule has 0 aliphatic carbocycles. The molecule has 0 saturated heterocycles. The van der Waals surface area contributed by atoms with Gasteiger partial charge in [0.05, 0.1) is 5.75 Å². The molecule has 0 atom stereocenters. The summed E-state index contributed by atoms with van der Waals surface area (Å²) in [6.07, 6.45) is -4.69. The van der Waals surface area contributed by atoms with Crippen LogP contribution in [0.1, 0.15) is 18.3 Å². The molecule has 0 spiro atoms. The van der Waals surface area contributed by atoms with Crippen molar-refractivity contribution in [2.45, 2.75) is 25.2 Å². The number of halogens is 3.